The van der Waals surface area contributed by atoms with E-state index < -0.39 is 0 Å². The number of nitrogens with one attached hydrogen (secondary N) is 1. The number of hydrogen-bond donors (Lipinski definition) is 1. The maximum absolute atomic E-state index is 5.44. The highest BCUT2D eigenvalue weighted by molar-refractivity contribution is 5.33. The van der Waals surface area contributed by atoms with Crippen LogP contribution in [0, 0.1) is 5.92 Å². The lowest BCUT2D eigenvalue weighted by molar-refractivity contribution is 0.356. The van der Waals surface area contributed by atoms with Crippen molar-refractivity contribution in [2.75, 3.05) is 13.7 Å². The van der Waals surface area contributed by atoms with Crippen molar-refractivity contribution in [2.24, 2.45) is 5.92 Å². The fourth-order valence-electron chi connectivity index (χ4n) is 2.20. The SMILES string of the molecule is CCCNC(Cc1ccccc1OC)C(C)CC. The number of para-hydroxylation sites is 1. The Balaban J connectivity index is 2.74. The Bertz CT molecular complexity index is 338. The fourth-order valence-corrected chi connectivity index (χ4v) is 2.20. The molecule has 0 fully saturated rings. The number of ether oxygens (including phenoxy) is 1. The summed E-state index contributed by atoms with van der Waals surface area (Å²) in [6.45, 7) is 7.88. The first-order valence-electron chi connectivity index (χ1n) is 7.08. The molecule has 0 aliphatic carbocycles. The summed E-state index contributed by atoms with van der Waals surface area (Å²) in [5, 5.41) is 3.66. The molecule has 1 aromatic rings. The molecule has 1 rings (SSSR count). The van der Waals surface area contributed by atoms with E-state index in [1.807, 2.05) is 12.1 Å². The van der Waals surface area contributed by atoms with Gasteiger partial charge in [-0.2, -0.15) is 0 Å². The van der Waals surface area contributed by atoms with Crippen molar-refractivity contribution in [1.82, 2.24) is 5.32 Å². The minimum Gasteiger partial charge on any atom is -0.496 e. The van der Waals surface area contributed by atoms with Crippen LogP contribution in [0.4, 0.5) is 0 Å². The van der Waals surface area contributed by atoms with Gasteiger partial charge < -0.3 is 10.1 Å². The third-order valence-electron chi connectivity index (χ3n) is 3.62. The number of methoxy groups -OCH3 is 1. The summed E-state index contributed by atoms with van der Waals surface area (Å²) < 4.78 is 5.44. The third kappa shape index (κ3) is 4.34. The lowest BCUT2D eigenvalue weighted by Crippen LogP contribution is -2.37. The van der Waals surface area contributed by atoms with Crippen LogP contribution in [0.25, 0.3) is 0 Å². The lowest BCUT2D eigenvalue weighted by Gasteiger charge is -2.25. The average Bonchev–Trinajstić information content (AvgIpc) is 2.42. The van der Waals surface area contributed by atoms with Gasteiger partial charge in [-0.15, -0.1) is 0 Å². The molecule has 0 aliphatic rings. The number of rotatable bonds is 8. The molecule has 2 nitrogen and oxygen atoms in total. The van der Waals surface area contributed by atoms with Crippen LogP contribution in [-0.4, -0.2) is 19.7 Å². The van der Waals surface area contributed by atoms with Gasteiger partial charge in [0.25, 0.3) is 0 Å². The Hall–Kier alpha value is -1.02. The van der Waals surface area contributed by atoms with Crippen molar-refractivity contribution < 1.29 is 4.74 Å². The first-order valence-corrected chi connectivity index (χ1v) is 7.08. The predicted octanol–water partition coefficient (Wildman–Crippen LogP) is 3.65. The molecule has 102 valence electrons. The number of hydrogen-bond acceptors (Lipinski definition) is 2. The molecule has 18 heavy (non-hydrogen) atoms. The second-order valence-electron chi connectivity index (χ2n) is 4.96. The Morgan fingerprint density at radius 1 is 1.22 bits per heavy atom. The maximum Gasteiger partial charge on any atom is 0.122 e. The highest BCUT2D eigenvalue weighted by Crippen LogP contribution is 2.22. The van der Waals surface area contributed by atoms with Crippen molar-refractivity contribution in [1.29, 1.82) is 0 Å². The number of benzene rings is 1. The molecule has 1 aromatic carbocycles. The second kappa shape index (κ2) is 8.15. The minimum atomic E-state index is 0.534. The van der Waals surface area contributed by atoms with E-state index in [-0.39, 0.29) is 0 Å². The zero-order valence-electron chi connectivity index (χ0n) is 12.2. The molecule has 0 saturated heterocycles. The summed E-state index contributed by atoms with van der Waals surface area (Å²) in [6.07, 6.45) is 3.43. The monoisotopic (exact) mass is 249 g/mol. The first kappa shape index (κ1) is 15.0. The molecule has 1 N–H and O–H groups in total. The molecular formula is C16H27NO. The quantitative estimate of drug-likeness (QED) is 0.759. The Kier molecular flexibility index (Phi) is 6.81. The second-order valence-corrected chi connectivity index (χ2v) is 4.96. The van der Waals surface area contributed by atoms with Gasteiger partial charge in [0.05, 0.1) is 7.11 Å². The van der Waals surface area contributed by atoms with E-state index in [0.29, 0.717) is 12.0 Å². The summed E-state index contributed by atoms with van der Waals surface area (Å²) in [5.41, 5.74) is 1.30. The van der Waals surface area contributed by atoms with Crippen molar-refractivity contribution in [3.05, 3.63) is 29.8 Å². The van der Waals surface area contributed by atoms with E-state index >= 15 is 0 Å². The summed E-state index contributed by atoms with van der Waals surface area (Å²) in [7, 11) is 1.75. The van der Waals surface area contributed by atoms with Gasteiger partial charge in [-0.25, -0.2) is 0 Å². The van der Waals surface area contributed by atoms with E-state index in [2.05, 4.69) is 38.2 Å². The molecule has 2 unspecified atom stereocenters. The van der Waals surface area contributed by atoms with Gasteiger partial charge in [0, 0.05) is 6.04 Å². The van der Waals surface area contributed by atoms with Crippen LogP contribution < -0.4 is 10.1 Å². The molecule has 2 atom stereocenters. The van der Waals surface area contributed by atoms with Crippen LogP contribution in [-0.2, 0) is 6.42 Å². The van der Waals surface area contributed by atoms with E-state index in [4.69, 9.17) is 4.74 Å². The summed E-state index contributed by atoms with van der Waals surface area (Å²) in [4.78, 5) is 0. The molecule has 0 aliphatic heterocycles. The van der Waals surface area contributed by atoms with Crippen LogP contribution in [0.3, 0.4) is 0 Å². The van der Waals surface area contributed by atoms with Crippen molar-refractivity contribution in [2.45, 2.75) is 46.1 Å². The van der Waals surface area contributed by atoms with Crippen molar-refractivity contribution >= 4 is 0 Å². The van der Waals surface area contributed by atoms with E-state index in [1.54, 1.807) is 7.11 Å². The summed E-state index contributed by atoms with van der Waals surface area (Å²) in [5.74, 6) is 1.69. The van der Waals surface area contributed by atoms with Gasteiger partial charge in [0.15, 0.2) is 0 Å². The normalized spacial score (nSPS) is 14.2. The first-order chi connectivity index (χ1) is 8.72. The molecular weight excluding hydrogens is 222 g/mol. The maximum atomic E-state index is 5.44. The van der Waals surface area contributed by atoms with E-state index in [1.165, 1.54) is 18.4 Å². The van der Waals surface area contributed by atoms with Gasteiger partial charge in [-0.1, -0.05) is 45.4 Å². The van der Waals surface area contributed by atoms with Crippen LogP contribution in [0.1, 0.15) is 39.2 Å². The lowest BCUT2D eigenvalue weighted by atomic mass is 9.92. The van der Waals surface area contributed by atoms with E-state index in [0.717, 1.165) is 18.7 Å². The molecule has 0 heterocycles. The minimum absolute atomic E-state index is 0.534. The van der Waals surface area contributed by atoms with Gasteiger partial charge in [0.2, 0.25) is 0 Å². The molecule has 0 bridgehead atoms. The highest BCUT2D eigenvalue weighted by atomic mass is 16.5. The largest absolute Gasteiger partial charge is 0.496 e. The highest BCUT2D eigenvalue weighted by Gasteiger charge is 2.17. The zero-order chi connectivity index (χ0) is 13.4. The van der Waals surface area contributed by atoms with Crippen LogP contribution in [0.2, 0.25) is 0 Å². The zero-order valence-corrected chi connectivity index (χ0v) is 12.2. The van der Waals surface area contributed by atoms with Crippen LogP contribution in [0.5, 0.6) is 5.75 Å². The molecule has 2 heteroatoms. The molecule has 0 spiro atoms. The summed E-state index contributed by atoms with van der Waals surface area (Å²) in [6, 6.07) is 8.86. The summed E-state index contributed by atoms with van der Waals surface area (Å²) >= 11 is 0. The standard InChI is InChI=1S/C16H27NO/c1-5-11-17-15(13(3)6-2)12-14-9-7-8-10-16(14)18-4/h7-10,13,15,17H,5-6,11-12H2,1-4H3. The Morgan fingerprint density at radius 3 is 2.56 bits per heavy atom. The Labute approximate surface area is 112 Å². The Morgan fingerprint density at radius 2 is 1.94 bits per heavy atom. The third-order valence-corrected chi connectivity index (χ3v) is 3.62. The molecule has 0 saturated carbocycles. The van der Waals surface area contributed by atoms with Gasteiger partial charge in [-0.3, -0.25) is 0 Å². The molecule has 0 amide bonds. The van der Waals surface area contributed by atoms with E-state index in [9.17, 15) is 0 Å². The predicted molar refractivity (Wildman–Crippen MR) is 78.2 cm³/mol. The fraction of sp³-hybridized carbons (Fsp3) is 0.625. The van der Waals surface area contributed by atoms with Gasteiger partial charge in [-0.05, 0) is 36.9 Å². The van der Waals surface area contributed by atoms with Gasteiger partial charge in [0.1, 0.15) is 5.75 Å². The van der Waals surface area contributed by atoms with Crippen molar-refractivity contribution in [3.8, 4) is 5.75 Å². The topological polar surface area (TPSA) is 21.3 Å². The van der Waals surface area contributed by atoms with Gasteiger partial charge >= 0.3 is 0 Å². The average molecular weight is 249 g/mol. The molecule has 0 radical (unpaired) electrons. The smallest absolute Gasteiger partial charge is 0.122 e. The molecule has 0 aromatic heterocycles. The van der Waals surface area contributed by atoms with Crippen molar-refractivity contribution in [3.63, 3.8) is 0 Å². The van der Waals surface area contributed by atoms with Crippen LogP contribution >= 0.6 is 0 Å². The van der Waals surface area contributed by atoms with Crippen LogP contribution in [0.15, 0.2) is 24.3 Å².